The van der Waals surface area contributed by atoms with E-state index in [0.29, 0.717) is 42.5 Å². The lowest BCUT2D eigenvalue weighted by Gasteiger charge is -2.30. The van der Waals surface area contributed by atoms with Gasteiger partial charge >= 0.3 is 11.1 Å². The number of aromatic nitrogens is 2. The Hall–Kier alpha value is -3.94. The van der Waals surface area contributed by atoms with E-state index in [4.69, 9.17) is 5.73 Å². The second-order valence-corrected chi connectivity index (χ2v) is 8.25. The predicted octanol–water partition coefficient (Wildman–Crippen LogP) is 1.74. The summed E-state index contributed by atoms with van der Waals surface area (Å²) in [7, 11) is 0. The number of rotatable bonds is 6. The molecule has 2 aromatic carbocycles. The molecule has 1 aliphatic rings. The van der Waals surface area contributed by atoms with Crippen molar-refractivity contribution in [2.45, 2.75) is 25.9 Å². The van der Waals surface area contributed by atoms with Crippen LogP contribution in [0.3, 0.4) is 0 Å². The van der Waals surface area contributed by atoms with Gasteiger partial charge in [-0.15, -0.1) is 6.58 Å². The number of hydrogen-bond acceptors (Lipinski definition) is 4. The third-order valence-electron chi connectivity index (χ3n) is 6.17. The van der Waals surface area contributed by atoms with Crippen molar-refractivity contribution in [2.24, 2.45) is 11.7 Å². The highest BCUT2D eigenvalue weighted by Gasteiger charge is 2.26. The molecule has 0 bridgehead atoms. The normalized spacial score (nSPS) is 14.4. The maximum atomic E-state index is 12.8. The molecule has 2 heterocycles. The quantitative estimate of drug-likeness (QED) is 0.460. The molecule has 1 fully saturated rings. The summed E-state index contributed by atoms with van der Waals surface area (Å²) in [5.41, 5.74) is 6.81. The highest BCUT2D eigenvalue weighted by Crippen LogP contribution is 2.19. The Morgan fingerprint density at radius 3 is 2.09 bits per heavy atom. The summed E-state index contributed by atoms with van der Waals surface area (Å²) < 4.78 is 2.88. The molecule has 0 atom stereocenters. The zero-order chi connectivity index (χ0) is 23.5. The Kier molecular flexibility index (Phi) is 6.26. The number of para-hydroxylation sites is 2. The number of nitrogens with zero attached hydrogens (tertiary/aromatic N) is 3. The SMILES string of the molecule is C=CCn1c(=O)c(=O)n(Cc2ccc(C(=O)N3CCC(C(N)=O)CC3)cc2)c2ccccc21. The van der Waals surface area contributed by atoms with Gasteiger partial charge in [0.05, 0.1) is 17.6 Å². The monoisotopic (exact) mass is 446 g/mol. The maximum Gasteiger partial charge on any atom is 0.317 e. The molecule has 8 nitrogen and oxygen atoms in total. The van der Waals surface area contributed by atoms with Crippen LogP contribution in [0, 0.1) is 5.92 Å². The van der Waals surface area contributed by atoms with Crippen LogP contribution >= 0.6 is 0 Å². The Balaban J connectivity index is 1.57. The van der Waals surface area contributed by atoms with Crippen LogP contribution < -0.4 is 16.9 Å². The van der Waals surface area contributed by atoms with Crippen molar-refractivity contribution in [1.29, 1.82) is 0 Å². The second-order valence-electron chi connectivity index (χ2n) is 8.25. The van der Waals surface area contributed by atoms with Gasteiger partial charge in [0.25, 0.3) is 5.91 Å². The summed E-state index contributed by atoms with van der Waals surface area (Å²) in [4.78, 5) is 51.4. The number of carbonyl (C=O) groups is 2. The van der Waals surface area contributed by atoms with Crippen molar-refractivity contribution in [1.82, 2.24) is 14.0 Å². The molecule has 0 radical (unpaired) electrons. The molecule has 2 N–H and O–H groups in total. The van der Waals surface area contributed by atoms with Crippen LogP contribution in [0.15, 0.2) is 70.8 Å². The van der Waals surface area contributed by atoms with Gasteiger partial charge in [0.15, 0.2) is 0 Å². The minimum absolute atomic E-state index is 0.0980. The first-order valence-corrected chi connectivity index (χ1v) is 10.9. The molecule has 0 spiro atoms. The minimum Gasteiger partial charge on any atom is -0.369 e. The van der Waals surface area contributed by atoms with Gasteiger partial charge < -0.3 is 10.6 Å². The average Bonchev–Trinajstić information content (AvgIpc) is 2.84. The smallest absolute Gasteiger partial charge is 0.317 e. The van der Waals surface area contributed by atoms with E-state index in [0.717, 1.165) is 5.56 Å². The lowest BCUT2D eigenvalue weighted by Crippen LogP contribution is -2.42. The average molecular weight is 447 g/mol. The van der Waals surface area contributed by atoms with Crippen LogP contribution in [0.25, 0.3) is 11.0 Å². The van der Waals surface area contributed by atoms with Gasteiger partial charge in [0.2, 0.25) is 5.91 Å². The molecular formula is C25H26N4O4. The summed E-state index contributed by atoms with van der Waals surface area (Å²) >= 11 is 0. The van der Waals surface area contributed by atoms with Crippen molar-refractivity contribution < 1.29 is 9.59 Å². The summed E-state index contributed by atoms with van der Waals surface area (Å²) in [5.74, 6) is -0.586. The molecule has 1 saturated heterocycles. The van der Waals surface area contributed by atoms with Crippen LogP contribution in [0.2, 0.25) is 0 Å². The third-order valence-corrected chi connectivity index (χ3v) is 6.17. The largest absolute Gasteiger partial charge is 0.369 e. The Bertz CT molecular complexity index is 1330. The number of piperidine rings is 1. The first-order chi connectivity index (χ1) is 15.9. The van der Waals surface area contributed by atoms with E-state index in [-0.39, 0.29) is 30.8 Å². The summed E-state index contributed by atoms with van der Waals surface area (Å²) in [6.07, 6.45) is 2.74. The molecule has 0 unspecified atom stereocenters. The Morgan fingerprint density at radius 2 is 1.52 bits per heavy atom. The van der Waals surface area contributed by atoms with Crippen molar-refractivity contribution in [3.05, 3.63) is 93.0 Å². The number of primary amides is 1. The highest BCUT2D eigenvalue weighted by atomic mass is 16.2. The molecular weight excluding hydrogens is 420 g/mol. The molecule has 0 aliphatic carbocycles. The fourth-order valence-electron chi connectivity index (χ4n) is 4.32. The van der Waals surface area contributed by atoms with Crippen molar-refractivity contribution >= 4 is 22.8 Å². The maximum absolute atomic E-state index is 12.8. The third kappa shape index (κ3) is 4.37. The van der Waals surface area contributed by atoms with Crippen LogP contribution in [0.4, 0.5) is 0 Å². The molecule has 2 amide bonds. The molecule has 4 rings (SSSR count). The van der Waals surface area contributed by atoms with E-state index in [2.05, 4.69) is 6.58 Å². The second kappa shape index (κ2) is 9.28. The van der Waals surface area contributed by atoms with Gasteiger partial charge in [-0.1, -0.05) is 30.3 Å². The number of fused-ring (bicyclic) bond motifs is 1. The van der Waals surface area contributed by atoms with E-state index >= 15 is 0 Å². The van der Waals surface area contributed by atoms with Crippen LogP contribution in [0.1, 0.15) is 28.8 Å². The number of allylic oxidation sites excluding steroid dienone is 1. The van der Waals surface area contributed by atoms with E-state index in [1.165, 1.54) is 9.13 Å². The van der Waals surface area contributed by atoms with Gasteiger partial charge in [-0.25, -0.2) is 0 Å². The highest BCUT2D eigenvalue weighted by molar-refractivity contribution is 5.94. The van der Waals surface area contributed by atoms with Crippen LogP contribution in [0.5, 0.6) is 0 Å². The molecule has 1 aromatic heterocycles. The lowest BCUT2D eigenvalue weighted by molar-refractivity contribution is -0.123. The number of amides is 2. The Morgan fingerprint density at radius 1 is 0.939 bits per heavy atom. The molecule has 170 valence electrons. The number of likely N-dealkylation sites (tertiary alicyclic amines) is 1. The number of carbonyl (C=O) groups excluding carboxylic acids is 2. The van der Waals surface area contributed by atoms with E-state index in [1.807, 2.05) is 18.2 Å². The zero-order valence-corrected chi connectivity index (χ0v) is 18.3. The number of hydrogen-bond donors (Lipinski definition) is 1. The first-order valence-electron chi connectivity index (χ1n) is 10.9. The number of benzene rings is 2. The van der Waals surface area contributed by atoms with Gasteiger partial charge in [0, 0.05) is 31.1 Å². The van der Waals surface area contributed by atoms with Crippen molar-refractivity contribution in [3.63, 3.8) is 0 Å². The van der Waals surface area contributed by atoms with Gasteiger partial charge in [-0.2, -0.15) is 0 Å². The topological polar surface area (TPSA) is 107 Å². The van der Waals surface area contributed by atoms with Gasteiger partial charge in [0.1, 0.15) is 0 Å². The number of nitrogens with two attached hydrogens (primary N) is 1. The van der Waals surface area contributed by atoms with Crippen molar-refractivity contribution in [2.75, 3.05) is 13.1 Å². The van der Waals surface area contributed by atoms with E-state index in [1.54, 1.807) is 41.3 Å². The van der Waals surface area contributed by atoms with E-state index < -0.39 is 11.1 Å². The van der Waals surface area contributed by atoms with Crippen LogP contribution in [-0.2, 0) is 17.9 Å². The van der Waals surface area contributed by atoms with Crippen LogP contribution in [-0.4, -0.2) is 38.9 Å². The van der Waals surface area contributed by atoms with Crippen molar-refractivity contribution in [3.8, 4) is 0 Å². The van der Waals surface area contributed by atoms with Gasteiger partial charge in [-0.3, -0.25) is 28.3 Å². The molecule has 8 heteroatoms. The lowest BCUT2D eigenvalue weighted by atomic mass is 9.96. The minimum atomic E-state index is -0.604. The summed E-state index contributed by atoms with van der Waals surface area (Å²) in [6, 6.07) is 14.3. The van der Waals surface area contributed by atoms with E-state index in [9.17, 15) is 19.2 Å². The Labute approximate surface area is 190 Å². The fourth-order valence-corrected chi connectivity index (χ4v) is 4.32. The van der Waals surface area contributed by atoms with Gasteiger partial charge in [-0.05, 0) is 42.7 Å². The first kappa shape index (κ1) is 22.3. The molecule has 33 heavy (non-hydrogen) atoms. The molecule has 3 aromatic rings. The summed E-state index contributed by atoms with van der Waals surface area (Å²) in [6.45, 7) is 5.13. The predicted molar refractivity (Wildman–Crippen MR) is 126 cm³/mol. The summed E-state index contributed by atoms with van der Waals surface area (Å²) in [5, 5.41) is 0. The zero-order valence-electron chi connectivity index (χ0n) is 18.3. The standard InChI is InChI=1S/C25H26N4O4/c1-2-13-28-20-5-3-4-6-21(20)29(25(33)24(28)32)16-17-7-9-19(10-8-17)23(31)27-14-11-18(12-15-27)22(26)30/h2-10,18H,1,11-16H2,(H2,26,30). The molecule has 0 saturated carbocycles. The molecule has 1 aliphatic heterocycles. The fraction of sp³-hybridized carbons (Fsp3) is 0.280.